The van der Waals surface area contributed by atoms with E-state index in [1.807, 2.05) is 49.4 Å². The van der Waals surface area contributed by atoms with Gasteiger partial charge in [-0.25, -0.2) is 4.98 Å². The maximum Gasteiger partial charge on any atom is 0.433 e. The lowest BCUT2D eigenvalue weighted by molar-refractivity contribution is -0.141. The first-order chi connectivity index (χ1) is 19.0. The molecule has 2 aromatic rings. The van der Waals surface area contributed by atoms with E-state index < -0.39 is 17.9 Å². The van der Waals surface area contributed by atoms with Crippen molar-refractivity contribution in [3.05, 3.63) is 83.3 Å². The van der Waals surface area contributed by atoms with Crippen LogP contribution >= 0.6 is 0 Å². The van der Waals surface area contributed by atoms with Crippen LogP contribution in [0.25, 0.3) is 0 Å². The fourth-order valence-corrected chi connectivity index (χ4v) is 5.25. The van der Waals surface area contributed by atoms with Crippen LogP contribution in [0.2, 0.25) is 0 Å². The maximum absolute atomic E-state index is 14.0. The summed E-state index contributed by atoms with van der Waals surface area (Å²) in [5.41, 5.74) is 1.49. The van der Waals surface area contributed by atoms with E-state index in [4.69, 9.17) is 0 Å². The average molecular weight is 555 g/mol. The second-order valence-electron chi connectivity index (χ2n) is 10.8. The maximum atomic E-state index is 14.0. The molecule has 1 fully saturated rings. The third kappa shape index (κ3) is 7.11. The van der Waals surface area contributed by atoms with Gasteiger partial charge in [0.1, 0.15) is 11.7 Å². The van der Waals surface area contributed by atoms with Crippen LogP contribution in [0.4, 0.5) is 18.9 Å². The van der Waals surface area contributed by atoms with E-state index in [9.17, 15) is 22.8 Å². The van der Waals surface area contributed by atoms with Gasteiger partial charge in [-0.3, -0.25) is 14.5 Å². The summed E-state index contributed by atoms with van der Waals surface area (Å²) in [5, 5.41) is 6.11. The Labute approximate surface area is 233 Å². The molecular formula is C31H37F3N4O2. The molecule has 40 heavy (non-hydrogen) atoms. The number of carbonyl (C=O) groups excluding carboxylic acids is 2. The lowest BCUT2D eigenvalue weighted by Gasteiger charge is -2.36. The molecule has 2 aliphatic carbocycles. The van der Waals surface area contributed by atoms with Crippen LogP contribution in [0.15, 0.2) is 66.5 Å². The largest absolute Gasteiger partial charge is 0.433 e. The Morgan fingerprint density at radius 2 is 1.77 bits per heavy atom. The molecular weight excluding hydrogens is 517 g/mol. The van der Waals surface area contributed by atoms with E-state index in [1.165, 1.54) is 11.0 Å². The Bertz CT molecular complexity index is 1250. The number of hydrogen-bond acceptors (Lipinski definition) is 4. The zero-order valence-corrected chi connectivity index (χ0v) is 23.2. The van der Waals surface area contributed by atoms with Gasteiger partial charge in [-0.2, -0.15) is 13.2 Å². The zero-order chi connectivity index (χ0) is 28.9. The molecule has 1 saturated carbocycles. The number of hydrogen-bond donors (Lipinski definition) is 2. The van der Waals surface area contributed by atoms with Gasteiger partial charge in [-0.05, 0) is 60.9 Å². The number of aromatic nitrogens is 1. The SMILES string of the molecule is Cc1ccccc1C(C(=O)NC1CCCCC1)N(C(=O)CNc1ccc(C(F)(F)F)nc1)C1=CC(C)C(C)C=C1. The van der Waals surface area contributed by atoms with Gasteiger partial charge in [0.05, 0.1) is 18.4 Å². The monoisotopic (exact) mass is 554 g/mol. The van der Waals surface area contributed by atoms with Gasteiger partial charge < -0.3 is 10.6 Å². The van der Waals surface area contributed by atoms with Gasteiger partial charge in [-0.1, -0.05) is 69.5 Å². The highest BCUT2D eigenvalue weighted by atomic mass is 19.4. The van der Waals surface area contributed by atoms with Gasteiger partial charge >= 0.3 is 6.18 Å². The minimum absolute atomic E-state index is 0.0518. The molecule has 2 N–H and O–H groups in total. The van der Waals surface area contributed by atoms with Crippen molar-refractivity contribution in [2.24, 2.45) is 11.8 Å². The second kappa shape index (κ2) is 12.7. The Morgan fingerprint density at radius 1 is 1.05 bits per heavy atom. The molecule has 214 valence electrons. The molecule has 0 saturated heterocycles. The predicted octanol–water partition coefficient (Wildman–Crippen LogP) is 6.57. The summed E-state index contributed by atoms with van der Waals surface area (Å²) in [6.45, 7) is 5.84. The van der Waals surface area contributed by atoms with Crippen LogP contribution in [0, 0.1) is 18.8 Å². The first-order valence-corrected chi connectivity index (χ1v) is 13.9. The summed E-state index contributed by atoms with van der Waals surface area (Å²) in [7, 11) is 0. The Kier molecular flexibility index (Phi) is 9.32. The summed E-state index contributed by atoms with van der Waals surface area (Å²) < 4.78 is 38.8. The molecule has 3 unspecified atom stereocenters. The van der Waals surface area contributed by atoms with Crippen LogP contribution in [0.5, 0.6) is 0 Å². The molecule has 1 heterocycles. The molecule has 0 spiro atoms. The van der Waals surface area contributed by atoms with Gasteiger partial charge in [0.15, 0.2) is 0 Å². The number of carbonyl (C=O) groups is 2. The number of benzene rings is 1. The average Bonchev–Trinajstić information content (AvgIpc) is 2.93. The van der Waals surface area contributed by atoms with Crippen LogP contribution in [-0.2, 0) is 15.8 Å². The smallest absolute Gasteiger partial charge is 0.375 e. The number of alkyl halides is 3. The Balaban J connectivity index is 1.67. The van der Waals surface area contributed by atoms with Crippen molar-refractivity contribution in [1.29, 1.82) is 0 Å². The summed E-state index contributed by atoms with van der Waals surface area (Å²) in [4.78, 5) is 33.0. The van der Waals surface area contributed by atoms with E-state index in [1.54, 1.807) is 0 Å². The first kappa shape index (κ1) is 29.4. The van der Waals surface area contributed by atoms with Crippen molar-refractivity contribution >= 4 is 17.5 Å². The van der Waals surface area contributed by atoms with Crippen molar-refractivity contribution < 1.29 is 22.8 Å². The van der Waals surface area contributed by atoms with Gasteiger partial charge in [0.2, 0.25) is 11.8 Å². The third-order valence-electron chi connectivity index (χ3n) is 7.82. The van der Waals surface area contributed by atoms with Gasteiger partial charge in [0.25, 0.3) is 0 Å². The van der Waals surface area contributed by atoms with E-state index in [2.05, 4.69) is 29.5 Å². The standard InChI is InChI=1S/C31H37F3N4O2/c1-20-13-15-25(17-22(20)3)38(28(39)19-35-24-14-16-27(36-18-24)31(32,33)34)29(26-12-8-7-9-21(26)2)30(40)37-23-10-5-4-6-11-23/h7-9,12-18,20,22-23,29,35H,4-6,10-11,19H2,1-3H3,(H,37,40). The van der Waals surface area contributed by atoms with Crippen LogP contribution < -0.4 is 10.6 Å². The quantitative estimate of drug-likeness (QED) is 0.387. The number of nitrogens with zero attached hydrogens (tertiary/aromatic N) is 2. The molecule has 9 heteroatoms. The summed E-state index contributed by atoms with van der Waals surface area (Å²) in [6.07, 6.45) is 7.47. The van der Waals surface area contributed by atoms with Gasteiger partial charge in [0, 0.05) is 11.7 Å². The zero-order valence-electron chi connectivity index (χ0n) is 23.2. The highest BCUT2D eigenvalue weighted by Crippen LogP contribution is 2.33. The van der Waals surface area contributed by atoms with Crippen molar-refractivity contribution in [2.75, 3.05) is 11.9 Å². The van der Waals surface area contributed by atoms with Crippen molar-refractivity contribution in [1.82, 2.24) is 15.2 Å². The fraction of sp³-hybridized carbons (Fsp3) is 0.452. The molecule has 1 aromatic carbocycles. The van der Waals surface area contributed by atoms with Gasteiger partial charge in [-0.15, -0.1) is 0 Å². The van der Waals surface area contributed by atoms with E-state index in [0.717, 1.165) is 55.5 Å². The number of nitrogens with one attached hydrogen (secondary N) is 2. The first-order valence-electron chi connectivity index (χ1n) is 13.9. The predicted molar refractivity (Wildman–Crippen MR) is 149 cm³/mol. The van der Waals surface area contributed by atoms with Crippen molar-refractivity contribution in [3.8, 4) is 0 Å². The number of anilines is 1. The number of pyridine rings is 1. The highest BCUT2D eigenvalue weighted by molar-refractivity contribution is 5.92. The minimum atomic E-state index is -4.55. The summed E-state index contributed by atoms with van der Waals surface area (Å²) in [5.74, 6) is -0.220. The molecule has 2 amide bonds. The lowest BCUT2D eigenvalue weighted by Crippen LogP contribution is -2.48. The van der Waals surface area contributed by atoms with E-state index in [0.29, 0.717) is 5.70 Å². The minimum Gasteiger partial charge on any atom is -0.375 e. The molecule has 1 aromatic heterocycles. The van der Waals surface area contributed by atoms with Crippen molar-refractivity contribution in [2.45, 2.75) is 71.1 Å². The number of rotatable bonds is 8. The van der Waals surface area contributed by atoms with Crippen LogP contribution in [0.3, 0.4) is 0 Å². The van der Waals surface area contributed by atoms with Crippen LogP contribution in [0.1, 0.15) is 68.8 Å². The Morgan fingerprint density at radius 3 is 2.40 bits per heavy atom. The molecule has 2 aliphatic rings. The van der Waals surface area contributed by atoms with Crippen molar-refractivity contribution in [3.63, 3.8) is 0 Å². The fourth-order valence-electron chi connectivity index (χ4n) is 5.25. The summed E-state index contributed by atoms with van der Waals surface area (Å²) >= 11 is 0. The number of aryl methyl sites for hydroxylation is 1. The normalized spacial score (nSPS) is 20.4. The molecule has 3 atom stereocenters. The lowest BCUT2D eigenvalue weighted by atomic mass is 9.89. The highest BCUT2D eigenvalue weighted by Gasteiger charge is 2.36. The number of amides is 2. The summed E-state index contributed by atoms with van der Waals surface area (Å²) in [6, 6.07) is 8.78. The number of allylic oxidation sites excluding steroid dienone is 3. The third-order valence-corrected chi connectivity index (χ3v) is 7.82. The molecule has 0 radical (unpaired) electrons. The molecule has 4 rings (SSSR count). The van der Waals surface area contributed by atoms with Crippen LogP contribution in [-0.4, -0.2) is 34.3 Å². The molecule has 0 bridgehead atoms. The molecule has 0 aliphatic heterocycles. The van der Waals surface area contributed by atoms with E-state index in [-0.39, 0.29) is 41.9 Å². The Hall–Kier alpha value is -3.62. The topological polar surface area (TPSA) is 74.3 Å². The van der Waals surface area contributed by atoms with E-state index >= 15 is 0 Å². The second-order valence-corrected chi connectivity index (χ2v) is 10.8. The molecule has 6 nitrogen and oxygen atoms in total. The number of halogens is 3.